The van der Waals surface area contributed by atoms with Crippen molar-refractivity contribution in [1.82, 2.24) is 10.2 Å². The second-order valence-electron chi connectivity index (χ2n) is 3.50. The van der Waals surface area contributed by atoms with Gasteiger partial charge in [0, 0.05) is 13.0 Å². The standard InChI is InChI=1S/C11H11BN2O3.2C2H6/c1-8-13-14-11(17-8)7-6-9-4-2-3-5-10(9)12(15)16;2*1-2/h2-7,15-16H,1H3;2*1-2H3/b7-6+;;. The van der Waals surface area contributed by atoms with Crippen molar-refractivity contribution in [3.05, 3.63) is 41.6 Å². The fraction of sp³-hybridized carbons (Fsp3) is 0.333. The quantitative estimate of drug-likeness (QED) is 0.848. The van der Waals surface area contributed by atoms with Crippen molar-refractivity contribution in [1.29, 1.82) is 0 Å². The van der Waals surface area contributed by atoms with Gasteiger partial charge in [-0.05, 0) is 17.1 Å². The molecule has 0 saturated carbocycles. The third-order valence-electron chi connectivity index (χ3n) is 2.22. The molecule has 1 heterocycles. The van der Waals surface area contributed by atoms with Gasteiger partial charge in [-0.3, -0.25) is 0 Å². The topological polar surface area (TPSA) is 79.4 Å². The first-order chi connectivity index (χ1) is 10.2. The lowest BCUT2D eigenvalue weighted by atomic mass is 9.77. The highest BCUT2D eigenvalue weighted by molar-refractivity contribution is 6.59. The largest absolute Gasteiger partial charge is 0.489 e. The molecule has 1 aromatic heterocycles. The second-order valence-corrected chi connectivity index (χ2v) is 3.50. The van der Waals surface area contributed by atoms with Gasteiger partial charge in [0.1, 0.15) is 0 Å². The first-order valence-corrected chi connectivity index (χ1v) is 7.10. The minimum Gasteiger partial charge on any atom is -0.423 e. The van der Waals surface area contributed by atoms with Gasteiger partial charge >= 0.3 is 7.12 Å². The highest BCUT2D eigenvalue weighted by atomic mass is 16.4. The predicted octanol–water partition coefficient (Wildman–Crippen LogP) is 2.28. The van der Waals surface area contributed by atoms with Gasteiger partial charge in [0.05, 0.1) is 0 Å². The molecule has 0 bridgehead atoms. The minimum absolute atomic E-state index is 0.379. The molecule has 21 heavy (non-hydrogen) atoms. The molecule has 0 aliphatic heterocycles. The van der Waals surface area contributed by atoms with Gasteiger partial charge in [-0.2, -0.15) is 0 Å². The molecule has 0 unspecified atom stereocenters. The molecule has 0 amide bonds. The third kappa shape index (κ3) is 6.38. The predicted molar refractivity (Wildman–Crippen MR) is 86.9 cm³/mol. The van der Waals surface area contributed by atoms with Crippen LogP contribution in [0.1, 0.15) is 45.0 Å². The summed E-state index contributed by atoms with van der Waals surface area (Å²) in [6.07, 6.45) is 3.32. The van der Waals surface area contributed by atoms with Gasteiger partial charge in [0.15, 0.2) is 0 Å². The van der Waals surface area contributed by atoms with Crippen LogP contribution in [0, 0.1) is 6.92 Å². The summed E-state index contributed by atoms with van der Waals surface area (Å²) in [5, 5.41) is 25.8. The van der Waals surface area contributed by atoms with Gasteiger partial charge in [-0.25, -0.2) is 0 Å². The number of benzene rings is 1. The zero-order valence-corrected chi connectivity index (χ0v) is 13.2. The summed E-state index contributed by atoms with van der Waals surface area (Å²) in [7, 11) is -1.50. The van der Waals surface area contributed by atoms with E-state index in [1.165, 1.54) is 0 Å². The van der Waals surface area contributed by atoms with E-state index in [-0.39, 0.29) is 0 Å². The Kier molecular flexibility index (Phi) is 9.84. The maximum atomic E-state index is 9.18. The maximum absolute atomic E-state index is 9.18. The number of aryl methyl sites for hydroxylation is 1. The molecule has 2 aromatic rings. The van der Waals surface area contributed by atoms with Crippen LogP contribution < -0.4 is 5.46 Å². The Balaban J connectivity index is 0.000000921. The minimum atomic E-state index is -1.50. The van der Waals surface area contributed by atoms with E-state index in [0.29, 0.717) is 22.8 Å². The monoisotopic (exact) mass is 290 g/mol. The second kappa shape index (κ2) is 10.8. The van der Waals surface area contributed by atoms with Crippen molar-refractivity contribution in [2.45, 2.75) is 34.6 Å². The Bertz CT molecular complexity index is 539. The van der Waals surface area contributed by atoms with E-state index in [0.717, 1.165) is 0 Å². The molecular formula is C15H23BN2O3. The fourth-order valence-electron chi connectivity index (χ4n) is 1.44. The molecule has 0 radical (unpaired) electrons. The number of rotatable bonds is 3. The Morgan fingerprint density at radius 3 is 2.14 bits per heavy atom. The molecule has 114 valence electrons. The van der Waals surface area contributed by atoms with Crippen LogP contribution in [0.4, 0.5) is 0 Å². The zero-order chi connectivity index (χ0) is 16.3. The van der Waals surface area contributed by atoms with Crippen LogP contribution in [0.5, 0.6) is 0 Å². The highest BCUT2D eigenvalue weighted by Crippen LogP contribution is 2.06. The highest BCUT2D eigenvalue weighted by Gasteiger charge is 2.13. The van der Waals surface area contributed by atoms with Gasteiger partial charge < -0.3 is 14.5 Å². The van der Waals surface area contributed by atoms with E-state index in [2.05, 4.69) is 10.2 Å². The lowest BCUT2D eigenvalue weighted by Crippen LogP contribution is -2.31. The van der Waals surface area contributed by atoms with Crippen LogP contribution in [0.25, 0.3) is 12.2 Å². The lowest BCUT2D eigenvalue weighted by molar-refractivity contribution is 0.425. The van der Waals surface area contributed by atoms with E-state index in [9.17, 15) is 10.0 Å². The Hall–Kier alpha value is -1.92. The fourth-order valence-corrected chi connectivity index (χ4v) is 1.44. The molecule has 2 rings (SSSR count). The molecule has 5 nitrogen and oxygen atoms in total. The van der Waals surface area contributed by atoms with Crippen molar-refractivity contribution in [2.24, 2.45) is 0 Å². The Morgan fingerprint density at radius 2 is 1.62 bits per heavy atom. The summed E-state index contributed by atoms with van der Waals surface area (Å²) in [5.74, 6) is 0.866. The molecule has 0 saturated heterocycles. The van der Waals surface area contributed by atoms with Crippen molar-refractivity contribution >= 4 is 24.7 Å². The first kappa shape index (κ1) is 19.1. The van der Waals surface area contributed by atoms with Crippen molar-refractivity contribution in [2.75, 3.05) is 0 Å². The van der Waals surface area contributed by atoms with Crippen LogP contribution in [0.2, 0.25) is 0 Å². The number of aromatic nitrogens is 2. The molecule has 0 fully saturated rings. The summed E-state index contributed by atoms with van der Waals surface area (Å²) >= 11 is 0. The van der Waals surface area contributed by atoms with Gasteiger partial charge in [0.2, 0.25) is 11.8 Å². The molecular weight excluding hydrogens is 267 g/mol. The normalized spacial score (nSPS) is 9.48. The van der Waals surface area contributed by atoms with Gasteiger partial charge in [-0.15, -0.1) is 10.2 Å². The smallest absolute Gasteiger partial charge is 0.423 e. The molecule has 6 heteroatoms. The first-order valence-electron chi connectivity index (χ1n) is 7.10. The Labute approximate surface area is 126 Å². The SMILES string of the molecule is CC.CC.Cc1nnc(/C=C/c2ccccc2B(O)O)o1. The summed E-state index contributed by atoms with van der Waals surface area (Å²) in [6, 6.07) is 6.96. The molecule has 2 N–H and O–H groups in total. The summed E-state index contributed by atoms with van der Waals surface area (Å²) in [5.41, 5.74) is 1.12. The lowest BCUT2D eigenvalue weighted by Gasteiger charge is -2.03. The number of hydrogen-bond acceptors (Lipinski definition) is 5. The summed E-state index contributed by atoms with van der Waals surface area (Å²) in [4.78, 5) is 0. The molecule has 0 atom stereocenters. The van der Waals surface area contributed by atoms with Gasteiger partial charge in [-0.1, -0.05) is 52.0 Å². The van der Waals surface area contributed by atoms with Crippen LogP contribution in [-0.2, 0) is 0 Å². The van der Waals surface area contributed by atoms with Crippen molar-refractivity contribution in [3.8, 4) is 0 Å². The van der Waals surface area contributed by atoms with Crippen LogP contribution in [0.3, 0.4) is 0 Å². The summed E-state index contributed by atoms with van der Waals surface area (Å²) in [6.45, 7) is 9.70. The summed E-state index contributed by atoms with van der Waals surface area (Å²) < 4.78 is 5.17. The Morgan fingerprint density at radius 1 is 1.00 bits per heavy atom. The van der Waals surface area contributed by atoms with E-state index in [1.807, 2.05) is 33.8 Å². The van der Waals surface area contributed by atoms with Crippen molar-refractivity contribution in [3.63, 3.8) is 0 Å². The average Bonchev–Trinajstić information content (AvgIpc) is 2.95. The molecule has 0 aliphatic carbocycles. The van der Waals surface area contributed by atoms with E-state index >= 15 is 0 Å². The van der Waals surface area contributed by atoms with Crippen LogP contribution >= 0.6 is 0 Å². The van der Waals surface area contributed by atoms with Crippen LogP contribution in [0.15, 0.2) is 28.7 Å². The van der Waals surface area contributed by atoms with E-state index in [1.54, 1.807) is 37.3 Å². The van der Waals surface area contributed by atoms with Crippen molar-refractivity contribution < 1.29 is 14.5 Å². The zero-order valence-electron chi connectivity index (χ0n) is 13.2. The number of nitrogens with zero attached hydrogens (tertiary/aromatic N) is 2. The van der Waals surface area contributed by atoms with E-state index < -0.39 is 7.12 Å². The van der Waals surface area contributed by atoms with Gasteiger partial charge in [0.25, 0.3) is 0 Å². The molecule has 0 spiro atoms. The number of hydrogen-bond donors (Lipinski definition) is 2. The molecule has 1 aromatic carbocycles. The average molecular weight is 290 g/mol. The van der Waals surface area contributed by atoms with E-state index in [4.69, 9.17) is 4.42 Å². The van der Waals surface area contributed by atoms with Crippen LogP contribution in [-0.4, -0.2) is 27.4 Å². The third-order valence-corrected chi connectivity index (χ3v) is 2.22. The maximum Gasteiger partial charge on any atom is 0.489 e. The molecule has 0 aliphatic rings.